The highest BCUT2D eigenvalue weighted by Crippen LogP contribution is 2.28. The van der Waals surface area contributed by atoms with Crippen molar-refractivity contribution in [2.75, 3.05) is 0 Å². The van der Waals surface area contributed by atoms with Gasteiger partial charge in [0.15, 0.2) is 4.67 Å². The molecule has 0 saturated heterocycles. The standard InChI is InChI=1S/C12H11BrN2O3/c13-12-9(5-6-18-12)10(14)7-8-3-1-2-4-11(8)15(16)17/h1-6,10H,7,14H2. The monoisotopic (exact) mass is 310 g/mol. The molecule has 0 amide bonds. The Kier molecular flexibility index (Phi) is 3.78. The van der Waals surface area contributed by atoms with Crippen molar-refractivity contribution < 1.29 is 9.34 Å². The summed E-state index contributed by atoms with van der Waals surface area (Å²) in [6, 6.07) is 8.00. The first-order valence-electron chi connectivity index (χ1n) is 5.30. The predicted molar refractivity (Wildman–Crippen MR) is 70.1 cm³/mol. The second-order valence-corrected chi connectivity index (χ2v) is 4.57. The molecular weight excluding hydrogens is 300 g/mol. The maximum atomic E-state index is 10.9. The molecule has 2 N–H and O–H groups in total. The van der Waals surface area contributed by atoms with Crippen LogP contribution in [0.5, 0.6) is 0 Å². The third-order valence-electron chi connectivity index (χ3n) is 2.67. The smallest absolute Gasteiger partial charge is 0.272 e. The van der Waals surface area contributed by atoms with Crippen LogP contribution in [0.25, 0.3) is 0 Å². The van der Waals surface area contributed by atoms with Crippen molar-refractivity contribution in [3.8, 4) is 0 Å². The predicted octanol–water partition coefficient (Wildman–Crippen LogP) is 3.19. The molecular formula is C12H11BrN2O3. The van der Waals surface area contributed by atoms with Crippen LogP contribution in [0.4, 0.5) is 5.69 Å². The van der Waals surface area contributed by atoms with Gasteiger partial charge in [-0.05, 0) is 28.4 Å². The van der Waals surface area contributed by atoms with E-state index in [4.69, 9.17) is 10.2 Å². The van der Waals surface area contributed by atoms with Crippen LogP contribution >= 0.6 is 15.9 Å². The number of nitro groups is 1. The number of para-hydroxylation sites is 1. The SMILES string of the molecule is NC(Cc1ccccc1[N+](=O)[O-])c1ccoc1Br. The summed E-state index contributed by atoms with van der Waals surface area (Å²) in [6.45, 7) is 0. The van der Waals surface area contributed by atoms with E-state index >= 15 is 0 Å². The Bertz CT molecular complexity index is 568. The summed E-state index contributed by atoms with van der Waals surface area (Å²) < 4.78 is 5.67. The van der Waals surface area contributed by atoms with E-state index in [2.05, 4.69) is 15.9 Å². The van der Waals surface area contributed by atoms with Crippen LogP contribution in [0.3, 0.4) is 0 Å². The van der Waals surface area contributed by atoms with Crippen LogP contribution in [-0.2, 0) is 6.42 Å². The molecule has 2 rings (SSSR count). The zero-order valence-corrected chi connectivity index (χ0v) is 11.0. The molecule has 1 aromatic heterocycles. The fraction of sp³-hybridized carbons (Fsp3) is 0.167. The van der Waals surface area contributed by atoms with Crippen LogP contribution < -0.4 is 5.73 Å². The summed E-state index contributed by atoms with van der Waals surface area (Å²) in [4.78, 5) is 10.5. The van der Waals surface area contributed by atoms with E-state index in [1.165, 1.54) is 12.3 Å². The van der Waals surface area contributed by atoms with Gasteiger partial charge in [0.2, 0.25) is 0 Å². The largest absolute Gasteiger partial charge is 0.457 e. The molecule has 0 fully saturated rings. The van der Waals surface area contributed by atoms with E-state index in [0.29, 0.717) is 16.7 Å². The third kappa shape index (κ3) is 2.60. The summed E-state index contributed by atoms with van der Waals surface area (Å²) in [5.74, 6) is 0. The number of nitrogens with two attached hydrogens (primary N) is 1. The first-order chi connectivity index (χ1) is 8.59. The zero-order chi connectivity index (χ0) is 13.1. The first-order valence-corrected chi connectivity index (χ1v) is 6.09. The Balaban J connectivity index is 2.25. The van der Waals surface area contributed by atoms with Gasteiger partial charge in [-0.25, -0.2) is 0 Å². The van der Waals surface area contributed by atoms with Gasteiger partial charge in [-0.3, -0.25) is 10.1 Å². The summed E-state index contributed by atoms with van der Waals surface area (Å²) >= 11 is 3.25. The number of nitro benzene ring substituents is 1. The quantitative estimate of drug-likeness (QED) is 0.694. The van der Waals surface area contributed by atoms with Gasteiger partial charge >= 0.3 is 0 Å². The van der Waals surface area contributed by atoms with Crippen LogP contribution in [-0.4, -0.2) is 4.92 Å². The van der Waals surface area contributed by atoms with E-state index in [1.54, 1.807) is 24.3 Å². The second kappa shape index (κ2) is 5.32. The number of furan rings is 1. The minimum Gasteiger partial charge on any atom is -0.457 e. The molecule has 0 radical (unpaired) electrons. The lowest BCUT2D eigenvalue weighted by Gasteiger charge is -2.10. The summed E-state index contributed by atoms with van der Waals surface area (Å²) in [5, 5.41) is 10.9. The lowest BCUT2D eigenvalue weighted by molar-refractivity contribution is -0.385. The van der Waals surface area contributed by atoms with Crippen molar-refractivity contribution >= 4 is 21.6 Å². The van der Waals surface area contributed by atoms with Crippen molar-refractivity contribution in [1.82, 2.24) is 0 Å². The fourth-order valence-electron chi connectivity index (χ4n) is 1.78. The van der Waals surface area contributed by atoms with Crippen LogP contribution in [0.2, 0.25) is 0 Å². The molecule has 0 aliphatic rings. The van der Waals surface area contributed by atoms with E-state index in [9.17, 15) is 10.1 Å². The summed E-state index contributed by atoms with van der Waals surface area (Å²) in [6.07, 6.45) is 1.91. The number of hydrogen-bond donors (Lipinski definition) is 1. The zero-order valence-electron chi connectivity index (χ0n) is 9.38. The van der Waals surface area contributed by atoms with Crippen molar-refractivity contribution in [3.63, 3.8) is 0 Å². The average molecular weight is 311 g/mol. The van der Waals surface area contributed by atoms with Gasteiger partial charge in [0.25, 0.3) is 5.69 Å². The number of nitrogens with zero attached hydrogens (tertiary/aromatic N) is 1. The Morgan fingerprint density at radius 2 is 2.11 bits per heavy atom. The maximum absolute atomic E-state index is 10.9. The molecule has 0 bridgehead atoms. The van der Waals surface area contributed by atoms with Crippen molar-refractivity contribution in [3.05, 3.63) is 62.5 Å². The Morgan fingerprint density at radius 1 is 1.39 bits per heavy atom. The minimum absolute atomic E-state index is 0.0903. The first kappa shape index (κ1) is 12.8. The van der Waals surface area contributed by atoms with E-state index in [-0.39, 0.29) is 11.7 Å². The number of benzene rings is 1. The highest BCUT2D eigenvalue weighted by molar-refractivity contribution is 9.10. The van der Waals surface area contributed by atoms with Gasteiger partial charge in [0.1, 0.15) is 0 Å². The lowest BCUT2D eigenvalue weighted by atomic mass is 10.0. The molecule has 2 aromatic rings. The number of halogens is 1. The molecule has 0 aliphatic heterocycles. The molecule has 5 nitrogen and oxygen atoms in total. The van der Waals surface area contributed by atoms with Crippen molar-refractivity contribution in [2.24, 2.45) is 5.73 Å². The molecule has 1 aromatic carbocycles. The normalized spacial score (nSPS) is 12.3. The topological polar surface area (TPSA) is 82.3 Å². The molecule has 0 aliphatic carbocycles. The Morgan fingerprint density at radius 3 is 2.72 bits per heavy atom. The van der Waals surface area contributed by atoms with Crippen molar-refractivity contribution in [1.29, 1.82) is 0 Å². The molecule has 0 spiro atoms. The minimum atomic E-state index is -0.396. The van der Waals surface area contributed by atoms with Gasteiger partial charge in [0.05, 0.1) is 11.2 Å². The van der Waals surface area contributed by atoms with Gasteiger partial charge in [-0.2, -0.15) is 0 Å². The third-order valence-corrected chi connectivity index (χ3v) is 3.32. The number of hydrogen-bond acceptors (Lipinski definition) is 4. The molecule has 18 heavy (non-hydrogen) atoms. The van der Waals surface area contributed by atoms with E-state index < -0.39 is 4.92 Å². The fourth-order valence-corrected chi connectivity index (χ4v) is 2.31. The van der Waals surface area contributed by atoms with Crippen molar-refractivity contribution in [2.45, 2.75) is 12.5 Å². The van der Waals surface area contributed by atoms with Crippen LogP contribution in [0.15, 0.2) is 45.7 Å². The highest BCUT2D eigenvalue weighted by atomic mass is 79.9. The molecule has 1 atom stereocenters. The second-order valence-electron chi connectivity index (χ2n) is 3.85. The maximum Gasteiger partial charge on any atom is 0.272 e. The summed E-state index contributed by atoms with van der Waals surface area (Å²) in [5.41, 5.74) is 7.53. The Labute approximate surface area is 112 Å². The molecule has 0 saturated carbocycles. The summed E-state index contributed by atoms with van der Waals surface area (Å²) in [7, 11) is 0. The number of rotatable bonds is 4. The molecule has 94 valence electrons. The van der Waals surface area contributed by atoms with E-state index in [1.807, 2.05) is 0 Å². The molecule has 1 unspecified atom stereocenters. The van der Waals surface area contributed by atoms with Gasteiger partial charge in [-0.1, -0.05) is 18.2 Å². The Hall–Kier alpha value is -1.66. The van der Waals surface area contributed by atoms with Gasteiger partial charge < -0.3 is 10.2 Å². The van der Waals surface area contributed by atoms with Gasteiger partial charge in [0, 0.05) is 23.2 Å². The van der Waals surface area contributed by atoms with Crippen LogP contribution in [0, 0.1) is 10.1 Å². The highest BCUT2D eigenvalue weighted by Gasteiger charge is 2.18. The van der Waals surface area contributed by atoms with Gasteiger partial charge in [-0.15, -0.1) is 0 Å². The van der Waals surface area contributed by atoms with Crippen LogP contribution in [0.1, 0.15) is 17.2 Å². The van der Waals surface area contributed by atoms with E-state index in [0.717, 1.165) is 5.56 Å². The average Bonchev–Trinajstić information content (AvgIpc) is 2.76. The molecule has 1 heterocycles. The molecule has 6 heteroatoms. The lowest BCUT2D eigenvalue weighted by Crippen LogP contribution is -2.13.